The average molecular weight is 356 g/mol. The van der Waals surface area contributed by atoms with Gasteiger partial charge in [0.15, 0.2) is 5.13 Å². The fourth-order valence-electron chi connectivity index (χ4n) is 2.40. The lowest BCUT2D eigenvalue weighted by molar-refractivity contribution is 0.596. The number of hydrogen-bond acceptors (Lipinski definition) is 4. The van der Waals surface area contributed by atoms with Crippen molar-refractivity contribution in [3.8, 4) is 0 Å². The molecular weight excluding hydrogens is 341 g/mol. The monoisotopic (exact) mass is 355 g/mol. The molecule has 0 atom stereocenters. The van der Waals surface area contributed by atoms with Crippen molar-refractivity contribution in [1.82, 2.24) is 4.98 Å². The first-order chi connectivity index (χ1) is 9.78. The summed E-state index contributed by atoms with van der Waals surface area (Å²) in [5.74, 6) is -0.135. The second kappa shape index (κ2) is 6.10. The Hall–Kier alpha value is -1.14. The zero-order chi connectivity index (χ0) is 13.9. The van der Waals surface area contributed by atoms with E-state index in [0.29, 0.717) is 11.0 Å². The smallest absolute Gasteiger partial charge is 0.185 e. The third-order valence-electron chi connectivity index (χ3n) is 3.48. The standard InChI is InChI=1S/C14H15BrFN3S/c15-10-11-1-2-13(12(16)9-11)18-4-6-19(7-5-18)14-17-3-8-20-14/h1-3,8-9H,4-7,10H2. The number of aromatic nitrogens is 1. The molecule has 0 amide bonds. The van der Waals surface area contributed by atoms with E-state index in [1.807, 2.05) is 23.7 Å². The molecule has 1 saturated heterocycles. The van der Waals surface area contributed by atoms with Gasteiger partial charge in [0.25, 0.3) is 0 Å². The summed E-state index contributed by atoms with van der Waals surface area (Å²) in [6, 6.07) is 5.46. The number of halogens is 2. The number of alkyl halides is 1. The molecule has 0 aliphatic carbocycles. The van der Waals surface area contributed by atoms with E-state index >= 15 is 0 Å². The van der Waals surface area contributed by atoms with Gasteiger partial charge in [0.05, 0.1) is 5.69 Å². The second-order valence-electron chi connectivity index (χ2n) is 4.71. The number of rotatable bonds is 3. The van der Waals surface area contributed by atoms with Crippen LogP contribution in [0.1, 0.15) is 5.56 Å². The predicted octanol–water partition coefficient (Wildman–Crippen LogP) is 3.50. The number of hydrogen-bond donors (Lipinski definition) is 0. The first-order valence-corrected chi connectivity index (χ1v) is 8.52. The number of benzene rings is 1. The van der Waals surface area contributed by atoms with Crippen molar-refractivity contribution in [2.45, 2.75) is 5.33 Å². The molecule has 20 heavy (non-hydrogen) atoms. The highest BCUT2D eigenvalue weighted by atomic mass is 79.9. The molecule has 106 valence electrons. The van der Waals surface area contributed by atoms with Crippen molar-refractivity contribution in [1.29, 1.82) is 0 Å². The van der Waals surface area contributed by atoms with Crippen molar-refractivity contribution in [3.05, 3.63) is 41.2 Å². The number of nitrogens with zero attached hydrogens (tertiary/aromatic N) is 3. The first kappa shape index (κ1) is 13.8. The lowest BCUT2D eigenvalue weighted by Gasteiger charge is -2.36. The normalized spacial score (nSPS) is 15.7. The van der Waals surface area contributed by atoms with E-state index in [4.69, 9.17) is 0 Å². The molecule has 3 nitrogen and oxygen atoms in total. The van der Waals surface area contributed by atoms with Crippen LogP contribution in [0.4, 0.5) is 15.2 Å². The Morgan fingerprint density at radius 2 is 1.95 bits per heavy atom. The van der Waals surface area contributed by atoms with E-state index in [9.17, 15) is 4.39 Å². The van der Waals surface area contributed by atoms with Gasteiger partial charge in [-0.25, -0.2) is 9.37 Å². The maximum Gasteiger partial charge on any atom is 0.185 e. The van der Waals surface area contributed by atoms with Gasteiger partial charge in [-0.1, -0.05) is 22.0 Å². The Balaban J connectivity index is 1.69. The molecule has 0 radical (unpaired) electrons. The lowest BCUT2D eigenvalue weighted by atomic mass is 10.2. The van der Waals surface area contributed by atoms with Crippen LogP contribution in [0.3, 0.4) is 0 Å². The van der Waals surface area contributed by atoms with Crippen LogP contribution in [-0.4, -0.2) is 31.2 Å². The van der Waals surface area contributed by atoms with Gasteiger partial charge in [-0.2, -0.15) is 0 Å². The van der Waals surface area contributed by atoms with Gasteiger partial charge in [-0.05, 0) is 17.7 Å². The van der Waals surface area contributed by atoms with Gasteiger partial charge >= 0.3 is 0 Å². The molecule has 1 aromatic carbocycles. The molecule has 1 aromatic heterocycles. The molecular formula is C14H15BrFN3S. The third-order valence-corrected chi connectivity index (χ3v) is 4.96. The SMILES string of the molecule is Fc1cc(CBr)ccc1N1CCN(c2nccs2)CC1. The van der Waals surface area contributed by atoms with Gasteiger partial charge in [-0.15, -0.1) is 11.3 Å². The van der Waals surface area contributed by atoms with Crippen LogP contribution in [0.15, 0.2) is 29.8 Å². The average Bonchev–Trinajstić information content (AvgIpc) is 3.01. The van der Waals surface area contributed by atoms with Gasteiger partial charge in [0.2, 0.25) is 0 Å². The minimum absolute atomic E-state index is 0.135. The lowest BCUT2D eigenvalue weighted by Crippen LogP contribution is -2.46. The van der Waals surface area contributed by atoms with Crippen LogP contribution in [0.5, 0.6) is 0 Å². The van der Waals surface area contributed by atoms with Crippen LogP contribution >= 0.6 is 27.3 Å². The zero-order valence-corrected chi connectivity index (χ0v) is 13.3. The molecule has 0 bridgehead atoms. The maximum atomic E-state index is 14.1. The molecule has 0 spiro atoms. The summed E-state index contributed by atoms with van der Waals surface area (Å²) in [6.45, 7) is 3.41. The molecule has 1 aliphatic rings. The van der Waals surface area contributed by atoms with Gasteiger partial charge in [0, 0.05) is 43.1 Å². The molecule has 1 fully saturated rings. The Morgan fingerprint density at radius 1 is 1.20 bits per heavy atom. The zero-order valence-electron chi connectivity index (χ0n) is 10.9. The predicted molar refractivity (Wildman–Crippen MR) is 85.6 cm³/mol. The maximum absolute atomic E-state index is 14.1. The summed E-state index contributed by atoms with van der Waals surface area (Å²) >= 11 is 5.00. The summed E-state index contributed by atoms with van der Waals surface area (Å²) in [5.41, 5.74) is 1.67. The summed E-state index contributed by atoms with van der Waals surface area (Å²) in [7, 11) is 0. The molecule has 6 heteroatoms. The van der Waals surface area contributed by atoms with Crippen LogP contribution in [0, 0.1) is 5.82 Å². The minimum atomic E-state index is -0.135. The van der Waals surface area contributed by atoms with Crippen LogP contribution in [0.2, 0.25) is 0 Å². The van der Waals surface area contributed by atoms with Gasteiger partial charge < -0.3 is 9.80 Å². The molecule has 1 aliphatic heterocycles. The summed E-state index contributed by atoms with van der Waals surface area (Å²) in [5, 5.41) is 3.72. The third kappa shape index (κ3) is 2.81. The van der Waals surface area contributed by atoms with Crippen LogP contribution in [0.25, 0.3) is 0 Å². The number of anilines is 2. The Labute approximate surface area is 130 Å². The van der Waals surface area contributed by atoms with Crippen LogP contribution < -0.4 is 9.80 Å². The van der Waals surface area contributed by atoms with Crippen molar-refractivity contribution in [2.75, 3.05) is 36.0 Å². The summed E-state index contributed by atoms with van der Waals surface area (Å²) in [4.78, 5) is 8.69. The van der Waals surface area contributed by atoms with E-state index in [0.717, 1.165) is 36.9 Å². The Morgan fingerprint density at radius 3 is 2.55 bits per heavy atom. The minimum Gasteiger partial charge on any atom is -0.366 e. The van der Waals surface area contributed by atoms with E-state index in [1.165, 1.54) is 0 Å². The molecule has 0 saturated carbocycles. The Kier molecular flexibility index (Phi) is 4.21. The van der Waals surface area contributed by atoms with E-state index < -0.39 is 0 Å². The highest BCUT2D eigenvalue weighted by molar-refractivity contribution is 9.08. The van der Waals surface area contributed by atoms with E-state index in [-0.39, 0.29) is 5.82 Å². The van der Waals surface area contributed by atoms with Gasteiger partial charge in [-0.3, -0.25) is 0 Å². The van der Waals surface area contributed by atoms with Crippen molar-refractivity contribution in [2.24, 2.45) is 0 Å². The van der Waals surface area contributed by atoms with E-state index in [1.54, 1.807) is 17.4 Å². The largest absolute Gasteiger partial charge is 0.366 e. The number of piperazine rings is 1. The highest BCUT2D eigenvalue weighted by Gasteiger charge is 2.20. The topological polar surface area (TPSA) is 19.4 Å². The highest BCUT2D eigenvalue weighted by Crippen LogP contribution is 2.25. The van der Waals surface area contributed by atoms with E-state index in [2.05, 4.69) is 30.7 Å². The second-order valence-corrected chi connectivity index (χ2v) is 6.14. The van der Waals surface area contributed by atoms with Crippen molar-refractivity contribution in [3.63, 3.8) is 0 Å². The molecule has 3 rings (SSSR count). The molecule has 0 N–H and O–H groups in total. The van der Waals surface area contributed by atoms with Crippen LogP contribution in [-0.2, 0) is 5.33 Å². The molecule has 2 heterocycles. The van der Waals surface area contributed by atoms with Crippen molar-refractivity contribution < 1.29 is 4.39 Å². The molecule has 0 unspecified atom stereocenters. The fourth-order valence-corrected chi connectivity index (χ4v) is 3.45. The fraction of sp³-hybridized carbons (Fsp3) is 0.357. The first-order valence-electron chi connectivity index (χ1n) is 6.51. The number of thiazole rings is 1. The Bertz CT molecular complexity index is 568. The molecule has 2 aromatic rings. The quantitative estimate of drug-likeness (QED) is 0.785. The summed E-state index contributed by atoms with van der Waals surface area (Å²) in [6.07, 6.45) is 1.82. The summed E-state index contributed by atoms with van der Waals surface area (Å²) < 4.78 is 14.1. The van der Waals surface area contributed by atoms with Crippen molar-refractivity contribution >= 4 is 38.1 Å². The van der Waals surface area contributed by atoms with Gasteiger partial charge in [0.1, 0.15) is 5.82 Å².